The maximum Gasteiger partial charge on any atom is 0.119 e. The molecule has 0 spiro atoms. The molecule has 1 aliphatic rings. The van der Waals surface area contributed by atoms with E-state index in [4.69, 9.17) is 4.74 Å². The normalized spacial score (nSPS) is 18.3. The molecule has 0 bridgehead atoms. The van der Waals surface area contributed by atoms with Gasteiger partial charge in [0, 0.05) is 25.8 Å². The van der Waals surface area contributed by atoms with Crippen molar-refractivity contribution in [3.63, 3.8) is 0 Å². The van der Waals surface area contributed by atoms with Crippen molar-refractivity contribution in [2.24, 2.45) is 0 Å². The number of morpholine rings is 1. The molecule has 1 atom stereocenters. The minimum Gasteiger partial charge on any atom is -0.379 e. The summed E-state index contributed by atoms with van der Waals surface area (Å²) >= 11 is 0. The molecular formula is C13H17N5O. The van der Waals surface area contributed by atoms with Crippen molar-refractivity contribution in [1.82, 2.24) is 24.6 Å². The summed E-state index contributed by atoms with van der Waals surface area (Å²) in [7, 11) is 0. The average Bonchev–Trinajstić information content (AvgIpc) is 3.00. The van der Waals surface area contributed by atoms with Crippen LogP contribution in [0.25, 0.3) is 0 Å². The number of nitrogens with zero attached hydrogens (tertiary/aromatic N) is 5. The van der Waals surface area contributed by atoms with Gasteiger partial charge < -0.3 is 9.30 Å². The van der Waals surface area contributed by atoms with Gasteiger partial charge in [-0.3, -0.25) is 9.88 Å². The minimum atomic E-state index is 0.237. The second-order valence-corrected chi connectivity index (χ2v) is 4.58. The first-order chi connectivity index (χ1) is 9.43. The zero-order valence-electron chi connectivity index (χ0n) is 10.7. The molecule has 0 unspecified atom stereocenters. The van der Waals surface area contributed by atoms with Gasteiger partial charge >= 0.3 is 0 Å². The van der Waals surface area contributed by atoms with E-state index in [9.17, 15) is 0 Å². The van der Waals surface area contributed by atoms with Gasteiger partial charge in [0.15, 0.2) is 0 Å². The predicted molar refractivity (Wildman–Crippen MR) is 69.4 cm³/mol. The summed E-state index contributed by atoms with van der Waals surface area (Å²) in [4.78, 5) is 6.91. The van der Waals surface area contributed by atoms with Gasteiger partial charge in [-0.05, 0) is 12.1 Å². The number of hydrogen-bond acceptors (Lipinski definition) is 5. The molecule has 2 aromatic heterocycles. The second-order valence-electron chi connectivity index (χ2n) is 4.58. The third-order valence-electron chi connectivity index (χ3n) is 3.37. The summed E-state index contributed by atoms with van der Waals surface area (Å²) in [5.41, 5.74) is 1.08. The van der Waals surface area contributed by atoms with Gasteiger partial charge in [0.2, 0.25) is 0 Å². The van der Waals surface area contributed by atoms with Crippen LogP contribution in [0.5, 0.6) is 0 Å². The highest BCUT2D eigenvalue weighted by Crippen LogP contribution is 2.21. The highest BCUT2D eigenvalue weighted by atomic mass is 16.5. The topological polar surface area (TPSA) is 56.1 Å². The molecule has 0 radical (unpaired) electrons. The Labute approximate surface area is 112 Å². The van der Waals surface area contributed by atoms with Gasteiger partial charge in [0.1, 0.15) is 12.7 Å². The molecule has 19 heavy (non-hydrogen) atoms. The summed E-state index contributed by atoms with van der Waals surface area (Å²) in [5, 5.41) is 7.73. The highest BCUT2D eigenvalue weighted by Gasteiger charge is 2.23. The number of aromatic nitrogens is 4. The van der Waals surface area contributed by atoms with Crippen LogP contribution >= 0.6 is 0 Å². The Morgan fingerprint density at radius 3 is 2.63 bits per heavy atom. The van der Waals surface area contributed by atoms with Crippen LogP contribution in [-0.4, -0.2) is 51.0 Å². The Kier molecular flexibility index (Phi) is 3.81. The maximum atomic E-state index is 5.43. The minimum absolute atomic E-state index is 0.237. The van der Waals surface area contributed by atoms with Crippen molar-refractivity contribution in [2.75, 3.05) is 26.3 Å². The van der Waals surface area contributed by atoms with E-state index in [1.807, 2.05) is 22.9 Å². The molecule has 0 aliphatic carbocycles. The van der Waals surface area contributed by atoms with Crippen LogP contribution in [0.1, 0.15) is 11.7 Å². The van der Waals surface area contributed by atoms with Gasteiger partial charge in [-0.15, -0.1) is 10.2 Å². The van der Waals surface area contributed by atoms with E-state index in [1.165, 1.54) is 0 Å². The first-order valence-electron chi connectivity index (χ1n) is 6.48. The number of rotatable bonds is 4. The van der Waals surface area contributed by atoms with E-state index in [0.29, 0.717) is 0 Å². The number of ether oxygens (including phenoxy) is 1. The number of hydrogen-bond donors (Lipinski definition) is 0. The fourth-order valence-electron chi connectivity index (χ4n) is 2.37. The van der Waals surface area contributed by atoms with Crippen molar-refractivity contribution in [1.29, 1.82) is 0 Å². The van der Waals surface area contributed by atoms with Crippen LogP contribution in [0.2, 0.25) is 0 Å². The van der Waals surface area contributed by atoms with E-state index < -0.39 is 0 Å². The SMILES string of the molecule is c1ccc([C@@H](Cn2cnnc2)N2CCOCC2)nc1. The van der Waals surface area contributed by atoms with Crippen molar-refractivity contribution < 1.29 is 4.74 Å². The van der Waals surface area contributed by atoms with E-state index in [0.717, 1.165) is 38.5 Å². The lowest BCUT2D eigenvalue weighted by molar-refractivity contribution is 0.0113. The fourth-order valence-corrected chi connectivity index (χ4v) is 2.37. The molecular weight excluding hydrogens is 242 g/mol. The van der Waals surface area contributed by atoms with Gasteiger partial charge in [-0.1, -0.05) is 6.07 Å². The Balaban J connectivity index is 1.82. The van der Waals surface area contributed by atoms with E-state index >= 15 is 0 Å². The fraction of sp³-hybridized carbons (Fsp3) is 0.462. The van der Waals surface area contributed by atoms with Crippen LogP contribution in [0, 0.1) is 0 Å². The summed E-state index contributed by atoms with van der Waals surface area (Å²) < 4.78 is 7.42. The molecule has 6 nitrogen and oxygen atoms in total. The average molecular weight is 259 g/mol. The molecule has 2 aromatic rings. The zero-order valence-corrected chi connectivity index (χ0v) is 10.7. The molecule has 0 saturated carbocycles. The van der Waals surface area contributed by atoms with E-state index in [-0.39, 0.29) is 6.04 Å². The van der Waals surface area contributed by atoms with Crippen LogP contribution < -0.4 is 0 Å². The second kappa shape index (κ2) is 5.90. The van der Waals surface area contributed by atoms with E-state index in [2.05, 4.69) is 26.1 Å². The Morgan fingerprint density at radius 2 is 1.95 bits per heavy atom. The highest BCUT2D eigenvalue weighted by molar-refractivity contribution is 5.09. The maximum absolute atomic E-state index is 5.43. The molecule has 3 heterocycles. The Morgan fingerprint density at radius 1 is 1.16 bits per heavy atom. The van der Waals surface area contributed by atoms with Gasteiger partial charge in [-0.2, -0.15) is 0 Å². The van der Waals surface area contributed by atoms with Crippen molar-refractivity contribution in [3.05, 3.63) is 42.7 Å². The van der Waals surface area contributed by atoms with Crippen molar-refractivity contribution >= 4 is 0 Å². The smallest absolute Gasteiger partial charge is 0.119 e. The molecule has 6 heteroatoms. The predicted octanol–water partition coefficient (Wildman–Crippen LogP) is 0.747. The monoisotopic (exact) mass is 259 g/mol. The van der Waals surface area contributed by atoms with Crippen LogP contribution in [0.4, 0.5) is 0 Å². The van der Waals surface area contributed by atoms with Gasteiger partial charge in [0.25, 0.3) is 0 Å². The molecule has 0 N–H and O–H groups in total. The van der Waals surface area contributed by atoms with Crippen molar-refractivity contribution in [3.8, 4) is 0 Å². The first kappa shape index (κ1) is 12.3. The standard InChI is InChI=1S/C13H17N5O/c1-2-4-14-12(3-1)13(9-17-10-15-16-11-17)18-5-7-19-8-6-18/h1-4,10-11,13H,5-9H2/t13-/m1/s1. The molecule has 100 valence electrons. The summed E-state index contributed by atoms with van der Waals surface area (Å²) in [5.74, 6) is 0. The zero-order chi connectivity index (χ0) is 12.9. The molecule has 1 saturated heterocycles. The summed E-state index contributed by atoms with van der Waals surface area (Å²) in [6.07, 6.45) is 5.34. The molecule has 0 amide bonds. The molecule has 0 aromatic carbocycles. The lowest BCUT2D eigenvalue weighted by atomic mass is 10.1. The van der Waals surface area contributed by atoms with Crippen molar-refractivity contribution in [2.45, 2.75) is 12.6 Å². The number of pyridine rings is 1. The largest absolute Gasteiger partial charge is 0.379 e. The van der Waals surface area contributed by atoms with E-state index in [1.54, 1.807) is 12.7 Å². The lowest BCUT2D eigenvalue weighted by Crippen LogP contribution is -2.40. The molecule has 1 aliphatic heterocycles. The summed E-state index contributed by atoms with van der Waals surface area (Å²) in [6, 6.07) is 6.28. The molecule has 3 rings (SSSR count). The lowest BCUT2D eigenvalue weighted by Gasteiger charge is -2.34. The van der Waals surface area contributed by atoms with Gasteiger partial charge in [0.05, 0.1) is 24.9 Å². The first-order valence-corrected chi connectivity index (χ1v) is 6.48. The molecule has 1 fully saturated rings. The summed E-state index contributed by atoms with van der Waals surface area (Å²) in [6.45, 7) is 4.24. The Hall–Kier alpha value is -1.79. The third kappa shape index (κ3) is 2.97. The van der Waals surface area contributed by atoms with Crippen LogP contribution in [-0.2, 0) is 11.3 Å². The van der Waals surface area contributed by atoms with Crippen LogP contribution in [0.15, 0.2) is 37.1 Å². The van der Waals surface area contributed by atoms with Crippen LogP contribution in [0.3, 0.4) is 0 Å². The Bertz CT molecular complexity index is 481. The third-order valence-corrected chi connectivity index (χ3v) is 3.37. The quantitative estimate of drug-likeness (QED) is 0.811. The van der Waals surface area contributed by atoms with Gasteiger partial charge in [-0.25, -0.2) is 0 Å².